The lowest BCUT2D eigenvalue weighted by molar-refractivity contribution is 0.276. The second-order valence-corrected chi connectivity index (χ2v) is 3.19. The van der Waals surface area contributed by atoms with Crippen LogP contribution in [0.3, 0.4) is 0 Å². The molecule has 55 valence electrons. The Kier molecular flexibility index (Phi) is 3.20. The van der Waals surface area contributed by atoms with Gasteiger partial charge in [-0.1, -0.05) is 20.3 Å². The van der Waals surface area contributed by atoms with Crippen molar-refractivity contribution in [3.05, 3.63) is 0 Å². The minimum absolute atomic E-state index is 0.175. The minimum Gasteiger partial charge on any atom is -0.239 e. The lowest BCUT2D eigenvalue weighted by atomic mass is 9.87. The molecule has 1 atom stereocenters. The van der Waals surface area contributed by atoms with Crippen molar-refractivity contribution < 1.29 is 0 Å². The van der Waals surface area contributed by atoms with E-state index in [4.69, 9.17) is 0 Å². The van der Waals surface area contributed by atoms with Gasteiger partial charge in [0.1, 0.15) is 0 Å². The first-order valence-electron chi connectivity index (χ1n) is 3.65. The Bertz CT molecular complexity index is 76.6. The summed E-state index contributed by atoms with van der Waals surface area (Å²) in [4.78, 5) is 0. The molecule has 0 aliphatic heterocycles. The molecule has 1 heteroatoms. The molecule has 0 rings (SSSR count). The van der Waals surface area contributed by atoms with Gasteiger partial charge in [0, 0.05) is 12.6 Å². The van der Waals surface area contributed by atoms with E-state index < -0.39 is 0 Å². The lowest BCUT2D eigenvalue weighted by Crippen LogP contribution is -2.37. The maximum Gasteiger partial charge on any atom is 0.0322 e. The molecule has 0 fully saturated rings. The van der Waals surface area contributed by atoms with Crippen molar-refractivity contribution in [2.75, 3.05) is 7.05 Å². The third-order valence-corrected chi connectivity index (χ3v) is 2.39. The zero-order valence-electron chi connectivity index (χ0n) is 7.23. The van der Waals surface area contributed by atoms with E-state index in [1.807, 2.05) is 7.05 Å². The van der Waals surface area contributed by atoms with E-state index in [1.54, 1.807) is 0 Å². The largest absolute Gasteiger partial charge is 0.239 e. The summed E-state index contributed by atoms with van der Waals surface area (Å²) in [6.07, 6.45) is 1.21. The number of rotatable bonds is 3. The van der Waals surface area contributed by atoms with Crippen LogP contribution in [0.2, 0.25) is 0 Å². The van der Waals surface area contributed by atoms with E-state index in [2.05, 4.69) is 33.0 Å². The fourth-order valence-corrected chi connectivity index (χ4v) is 0.720. The molecule has 0 aromatic carbocycles. The molecule has 0 aliphatic rings. The van der Waals surface area contributed by atoms with Crippen LogP contribution in [-0.4, -0.2) is 12.6 Å². The van der Waals surface area contributed by atoms with Gasteiger partial charge in [-0.15, -0.1) is 0 Å². The van der Waals surface area contributed by atoms with Crippen molar-refractivity contribution in [2.24, 2.45) is 5.92 Å². The molecule has 0 aromatic rings. The zero-order valence-corrected chi connectivity index (χ0v) is 7.23. The highest BCUT2D eigenvalue weighted by atomic mass is 14.9. The molecule has 0 amide bonds. The van der Waals surface area contributed by atoms with Crippen molar-refractivity contribution >= 4 is 0 Å². The second-order valence-electron chi connectivity index (χ2n) is 3.19. The first-order chi connectivity index (χ1) is 4.04. The van der Waals surface area contributed by atoms with Crippen molar-refractivity contribution in [1.29, 1.82) is 0 Å². The number of hydrogen-bond donors (Lipinski definition) is 0. The van der Waals surface area contributed by atoms with Gasteiger partial charge in [-0.3, -0.25) is 0 Å². The van der Waals surface area contributed by atoms with Crippen LogP contribution in [0.15, 0.2) is 0 Å². The summed E-state index contributed by atoms with van der Waals surface area (Å²) in [6.45, 7) is 8.81. The fourth-order valence-electron chi connectivity index (χ4n) is 0.720. The second kappa shape index (κ2) is 3.21. The summed E-state index contributed by atoms with van der Waals surface area (Å²) < 4.78 is 0. The number of hydrogen-bond acceptors (Lipinski definition) is 0. The maximum absolute atomic E-state index is 4.29. The van der Waals surface area contributed by atoms with Crippen molar-refractivity contribution in [3.8, 4) is 0 Å². The third kappa shape index (κ3) is 2.35. The Morgan fingerprint density at radius 3 is 2.00 bits per heavy atom. The molecule has 0 saturated carbocycles. The molecule has 0 aliphatic carbocycles. The van der Waals surface area contributed by atoms with Crippen LogP contribution in [0.1, 0.15) is 34.1 Å². The molecule has 1 unspecified atom stereocenters. The minimum atomic E-state index is 0.175. The van der Waals surface area contributed by atoms with Crippen molar-refractivity contribution in [3.63, 3.8) is 0 Å². The Morgan fingerprint density at radius 2 is 1.89 bits per heavy atom. The van der Waals surface area contributed by atoms with Crippen LogP contribution in [0.25, 0.3) is 0 Å². The lowest BCUT2D eigenvalue weighted by Gasteiger charge is -2.28. The molecule has 0 heterocycles. The molecule has 0 spiro atoms. The third-order valence-electron chi connectivity index (χ3n) is 2.39. The molecule has 1 radical (unpaired) electrons. The van der Waals surface area contributed by atoms with Crippen LogP contribution in [0.4, 0.5) is 0 Å². The Morgan fingerprint density at radius 1 is 1.44 bits per heavy atom. The molecular formula is C8H18N. The topological polar surface area (TPSA) is 14.1 Å². The smallest absolute Gasteiger partial charge is 0.0322 e. The first-order valence-corrected chi connectivity index (χ1v) is 3.65. The molecule has 1 nitrogen and oxygen atoms in total. The van der Waals surface area contributed by atoms with Gasteiger partial charge < -0.3 is 0 Å². The van der Waals surface area contributed by atoms with Gasteiger partial charge in [0.2, 0.25) is 0 Å². The summed E-state index contributed by atoms with van der Waals surface area (Å²) in [5.74, 6) is 0.697. The van der Waals surface area contributed by atoms with Crippen LogP contribution in [-0.2, 0) is 0 Å². The van der Waals surface area contributed by atoms with Gasteiger partial charge in [-0.2, -0.15) is 0 Å². The summed E-state index contributed by atoms with van der Waals surface area (Å²) in [5, 5.41) is 4.29. The van der Waals surface area contributed by atoms with Gasteiger partial charge in [-0.25, -0.2) is 5.32 Å². The zero-order chi connectivity index (χ0) is 7.49. The average Bonchev–Trinajstić information content (AvgIpc) is 1.86. The highest BCUT2D eigenvalue weighted by molar-refractivity contribution is 4.79. The van der Waals surface area contributed by atoms with Gasteiger partial charge in [0.25, 0.3) is 0 Å². The predicted octanol–water partition coefficient (Wildman–Crippen LogP) is 2.05. The summed E-state index contributed by atoms with van der Waals surface area (Å²) in [7, 11) is 1.90. The Hall–Kier alpha value is -0.0400. The molecule has 0 saturated heterocycles. The molecule has 0 N–H and O–H groups in total. The highest BCUT2D eigenvalue weighted by Crippen LogP contribution is 2.19. The standard InChI is InChI=1S/C8H18N/c1-6-7(2)8(3,4)9-5/h7H,6H2,1-5H3. The van der Waals surface area contributed by atoms with E-state index in [0.717, 1.165) is 0 Å². The van der Waals surface area contributed by atoms with Gasteiger partial charge in [0.05, 0.1) is 0 Å². The van der Waals surface area contributed by atoms with E-state index in [0.29, 0.717) is 5.92 Å². The predicted molar refractivity (Wildman–Crippen MR) is 41.6 cm³/mol. The van der Waals surface area contributed by atoms with Gasteiger partial charge >= 0.3 is 0 Å². The van der Waals surface area contributed by atoms with E-state index >= 15 is 0 Å². The summed E-state index contributed by atoms with van der Waals surface area (Å²) in [6, 6.07) is 0. The number of nitrogens with zero attached hydrogens (tertiary/aromatic N) is 1. The fraction of sp³-hybridized carbons (Fsp3) is 1.00. The molecular weight excluding hydrogens is 110 g/mol. The SMILES string of the molecule is CCC(C)C(C)(C)[N]C. The highest BCUT2D eigenvalue weighted by Gasteiger charge is 2.22. The van der Waals surface area contributed by atoms with Gasteiger partial charge in [0.15, 0.2) is 0 Å². The van der Waals surface area contributed by atoms with Gasteiger partial charge in [-0.05, 0) is 19.8 Å². The normalized spacial score (nSPS) is 15.7. The maximum atomic E-state index is 4.29. The molecule has 0 aromatic heterocycles. The average molecular weight is 128 g/mol. The Labute approximate surface area is 58.8 Å². The molecule has 0 bridgehead atoms. The van der Waals surface area contributed by atoms with Crippen molar-refractivity contribution in [2.45, 2.75) is 39.7 Å². The van der Waals surface area contributed by atoms with E-state index in [1.165, 1.54) is 6.42 Å². The summed E-state index contributed by atoms with van der Waals surface area (Å²) in [5.41, 5.74) is 0.175. The summed E-state index contributed by atoms with van der Waals surface area (Å²) >= 11 is 0. The Balaban J connectivity index is 3.80. The van der Waals surface area contributed by atoms with Crippen molar-refractivity contribution in [1.82, 2.24) is 5.32 Å². The molecule has 9 heavy (non-hydrogen) atoms. The monoisotopic (exact) mass is 128 g/mol. The van der Waals surface area contributed by atoms with Crippen LogP contribution in [0, 0.1) is 5.92 Å². The first kappa shape index (κ1) is 8.96. The van der Waals surface area contributed by atoms with E-state index in [-0.39, 0.29) is 5.54 Å². The van der Waals surface area contributed by atoms with Crippen LogP contribution < -0.4 is 5.32 Å². The van der Waals surface area contributed by atoms with E-state index in [9.17, 15) is 0 Å². The quantitative estimate of drug-likeness (QED) is 0.552. The van der Waals surface area contributed by atoms with Crippen LogP contribution >= 0.6 is 0 Å². The van der Waals surface area contributed by atoms with Crippen LogP contribution in [0.5, 0.6) is 0 Å².